The van der Waals surface area contributed by atoms with Crippen LogP contribution in [0.1, 0.15) is 51.7 Å². The van der Waals surface area contributed by atoms with Gasteiger partial charge >= 0.3 is 5.97 Å². The Morgan fingerprint density at radius 2 is 1.95 bits per heavy atom. The molecule has 208 valence electrons. The normalized spacial score (nSPS) is 23.3. The van der Waals surface area contributed by atoms with Crippen LogP contribution in [-0.2, 0) is 16.0 Å². The molecule has 3 rings (SSSR count). The van der Waals surface area contributed by atoms with Crippen LogP contribution in [0.5, 0.6) is 0 Å². The Kier molecular flexibility index (Phi) is 9.69. The van der Waals surface area contributed by atoms with Gasteiger partial charge in [-0.05, 0) is 62.5 Å². The van der Waals surface area contributed by atoms with Gasteiger partial charge in [-0.25, -0.2) is 18.0 Å². The topological polar surface area (TPSA) is 50.4 Å². The number of hydrogen-bond donors (Lipinski definition) is 2. The van der Waals surface area contributed by atoms with Crippen molar-refractivity contribution in [1.29, 1.82) is 0 Å². The molecule has 0 radical (unpaired) electrons. The highest BCUT2D eigenvalue weighted by atomic mass is 19.1. The van der Waals surface area contributed by atoms with Gasteiger partial charge in [0.1, 0.15) is 18.2 Å². The van der Waals surface area contributed by atoms with E-state index in [1.807, 2.05) is 37.3 Å². The molecule has 2 aromatic rings. The Morgan fingerprint density at radius 3 is 2.58 bits per heavy atom. The highest BCUT2D eigenvalue weighted by molar-refractivity contribution is 5.70. The van der Waals surface area contributed by atoms with Crippen molar-refractivity contribution in [2.75, 3.05) is 20.0 Å². The van der Waals surface area contributed by atoms with E-state index < -0.39 is 18.3 Å². The van der Waals surface area contributed by atoms with E-state index >= 15 is 4.39 Å². The first-order valence-electron chi connectivity index (χ1n) is 13.3. The third-order valence-corrected chi connectivity index (χ3v) is 7.88. The molecule has 0 aliphatic heterocycles. The molecule has 2 N–H and O–H groups in total. The summed E-state index contributed by atoms with van der Waals surface area (Å²) >= 11 is 0. The summed E-state index contributed by atoms with van der Waals surface area (Å²) in [6.07, 6.45) is 1.95. The molecule has 2 unspecified atom stereocenters. The predicted molar refractivity (Wildman–Crippen MR) is 146 cm³/mol. The number of nitrogens with one attached hydrogen (secondary N) is 2. The second kappa shape index (κ2) is 12.4. The molecule has 0 spiro atoms. The summed E-state index contributed by atoms with van der Waals surface area (Å²) in [4.78, 5) is 11.4. The molecular weight excluding hydrogens is 489 g/mol. The number of benzene rings is 2. The minimum absolute atomic E-state index is 0.0845. The molecule has 1 fully saturated rings. The Hall–Kier alpha value is -2.80. The lowest BCUT2D eigenvalue weighted by molar-refractivity contribution is -0.146. The molecule has 0 bridgehead atoms. The van der Waals surface area contributed by atoms with E-state index in [9.17, 15) is 13.6 Å². The van der Waals surface area contributed by atoms with Gasteiger partial charge < -0.3 is 10.1 Å². The van der Waals surface area contributed by atoms with E-state index in [4.69, 9.17) is 4.74 Å². The third-order valence-electron chi connectivity index (χ3n) is 7.88. The molecule has 4 atom stereocenters. The number of ether oxygens (including phenoxy) is 1. The maximum absolute atomic E-state index is 16.0. The number of carbonyl (C=O) groups excluding carboxylic acids is 1. The van der Waals surface area contributed by atoms with Gasteiger partial charge in [0, 0.05) is 29.8 Å². The molecule has 38 heavy (non-hydrogen) atoms. The van der Waals surface area contributed by atoms with Gasteiger partial charge in [-0.3, -0.25) is 5.32 Å². The van der Waals surface area contributed by atoms with Crippen LogP contribution in [0.25, 0.3) is 11.1 Å². The summed E-state index contributed by atoms with van der Waals surface area (Å²) in [5.74, 6) is -1.42. The zero-order valence-corrected chi connectivity index (χ0v) is 23.2. The van der Waals surface area contributed by atoms with Gasteiger partial charge in [0.15, 0.2) is 6.67 Å². The minimum Gasteiger partial charge on any atom is -0.448 e. The zero-order chi connectivity index (χ0) is 28.1. The first kappa shape index (κ1) is 29.8. The fraction of sp³-hybridized carbons (Fsp3) is 0.516. The molecule has 0 saturated heterocycles. The van der Waals surface area contributed by atoms with Crippen molar-refractivity contribution in [2.45, 2.75) is 65.6 Å². The van der Waals surface area contributed by atoms with Crippen molar-refractivity contribution in [1.82, 2.24) is 10.6 Å². The first-order valence-corrected chi connectivity index (χ1v) is 13.3. The number of allylic oxidation sites excluding steroid dienone is 1. The lowest BCUT2D eigenvalue weighted by Gasteiger charge is -2.34. The van der Waals surface area contributed by atoms with Crippen LogP contribution in [0.4, 0.5) is 13.2 Å². The fourth-order valence-corrected chi connectivity index (χ4v) is 5.67. The van der Waals surface area contributed by atoms with E-state index in [0.29, 0.717) is 23.2 Å². The Balaban J connectivity index is 1.96. The van der Waals surface area contributed by atoms with Gasteiger partial charge in [-0.2, -0.15) is 0 Å². The second-order valence-electron chi connectivity index (χ2n) is 11.4. The summed E-state index contributed by atoms with van der Waals surface area (Å²) in [6, 6.07) is 13.0. The number of alkyl halides is 2. The Labute approximate surface area is 225 Å². The molecule has 2 aromatic carbocycles. The van der Waals surface area contributed by atoms with Gasteiger partial charge in [-0.15, -0.1) is 0 Å². The average Bonchev–Trinajstić information content (AvgIpc) is 3.15. The predicted octanol–water partition coefficient (Wildman–Crippen LogP) is 6.68. The smallest absolute Gasteiger partial charge is 0.338 e. The quantitative estimate of drug-likeness (QED) is 0.238. The van der Waals surface area contributed by atoms with Crippen LogP contribution in [0.3, 0.4) is 0 Å². The van der Waals surface area contributed by atoms with Crippen molar-refractivity contribution in [3.63, 3.8) is 0 Å². The minimum atomic E-state index is -1.42. The number of halogens is 3. The zero-order valence-electron chi connectivity index (χ0n) is 23.2. The number of rotatable bonds is 12. The summed E-state index contributed by atoms with van der Waals surface area (Å²) < 4.78 is 47.9. The molecular formula is C31H41F3N2O2. The van der Waals surface area contributed by atoms with Crippen LogP contribution < -0.4 is 10.6 Å². The molecule has 1 aliphatic carbocycles. The molecule has 0 amide bonds. The maximum Gasteiger partial charge on any atom is 0.338 e. The van der Waals surface area contributed by atoms with Crippen molar-refractivity contribution in [2.24, 2.45) is 17.3 Å². The van der Waals surface area contributed by atoms with E-state index in [0.717, 1.165) is 24.0 Å². The number of carbonyl (C=O) groups is 1. The monoisotopic (exact) mass is 530 g/mol. The highest BCUT2D eigenvalue weighted by Gasteiger charge is 2.50. The molecule has 1 saturated carbocycles. The van der Waals surface area contributed by atoms with Gasteiger partial charge in [0.25, 0.3) is 0 Å². The van der Waals surface area contributed by atoms with Crippen molar-refractivity contribution < 1.29 is 22.7 Å². The number of hydrogen-bond acceptors (Lipinski definition) is 4. The van der Waals surface area contributed by atoms with Crippen molar-refractivity contribution in [3.05, 3.63) is 71.7 Å². The lowest BCUT2D eigenvalue weighted by atomic mass is 9.79. The fourth-order valence-electron chi connectivity index (χ4n) is 5.67. The number of aryl methyl sites for hydroxylation is 1. The second-order valence-corrected chi connectivity index (χ2v) is 11.4. The van der Waals surface area contributed by atoms with Gasteiger partial charge in [0.05, 0.1) is 0 Å². The summed E-state index contributed by atoms with van der Waals surface area (Å²) in [5, 5.41) is 6.49. The Bertz CT molecular complexity index is 1130. The van der Waals surface area contributed by atoms with E-state index in [-0.39, 0.29) is 42.4 Å². The number of esters is 1. The standard InChI is InChI=1S/C31H41F3N2O2/c1-7-31(6)16-26(21(3)35-18-30(4,5)34)25(29(31)36-19-38-27(37)17-32)15-23-12-9-13-24(28(23)33)22-11-8-10-20(2)14-22/h8-14,25-26,29,35-36H,3,7,15-19H2,1-2,4-6H3/t25-,26?,29-,31?/m1/s1. The summed E-state index contributed by atoms with van der Waals surface area (Å²) in [5.41, 5.74) is 2.03. The molecule has 1 aliphatic rings. The lowest BCUT2D eigenvalue weighted by Crippen LogP contribution is -2.46. The van der Waals surface area contributed by atoms with Gasteiger partial charge in [0.2, 0.25) is 0 Å². The Morgan fingerprint density at radius 1 is 1.24 bits per heavy atom. The van der Waals surface area contributed by atoms with E-state index in [2.05, 4.69) is 31.1 Å². The molecule has 4 nitrogen and oxygen atoms in total. The van der Waals surface area contributed by atoms with Crippen LogP contribution >= 0.6 is 0 Å². The molecule has 0 heterocycles. The average molecular weight is 531 g/mol. The van der Waals surface area contributed by atoms with Crippen LogP contribution in [-0.4, -0.2) is 37.6 Å². The van der Waals surface area contributed by atoms with Crippen LogP contribution in [0.2, 0.25) is 0 Å². The van der Waals surface area contributed by atoms with E-state index in [1.165, 1.54) is 13.8 Å². The van der Waals surface area contributed by atoms with Crippen molar-refractivity contribution >= 4 is 5.97 Å². The van der Waals surface area contributed by atoms with Gasteiger partial charge in [-0.1, -0.05) is 68.5 Å². The molecule has 7 heteroatoms. The third kappa shape index (κ3) is 7.19. The van der Waals surface area contributed by atoms with Crippen LogP contribution in [0, 0.1) is 30.0 Å². The first-order chi connectivity index (χ1) is 17.9. The van der Waals surface area contributed by atoms with Crippen molar-refractivity contribution in [3.8, 4) is 11.1 Å². The van der Waals surface area contributed by atoms with E-state index in [1.54, 1.807) is 12.1 Å². The van der Waals surface area contributed by atoms with Crippen LogP contribution in [0.15, 0.2) is 54.7 Å². The largest absolute Gasteiger partial charge is 0.448 e. The maximum atomic E-state index is 16.0. The highest BCUT2D eigenvalue weighted by Crippen LogP contribution is 2.51. The summed E-state index contributed by atoms with van der Waals surface area (Å²) in [7, 11) is 0. The molecule has 0 aromatic heterocycles. The summed E-state index contributed by atoms with van der Waals surface area (Å²) in [6.45, 7) is 12.2. The SMILES string of the molecule is C=C(NCC(C)(C)F)C1CC(C)(CC)[C@H](NCOC(=O)CF)[C@@H]1Cc1cccc(-c2cccc(C)c2)c1F.